The lowest BCUT2D eigenvalue weighted by Gasteiger charge is -2.10. The van der Waals surface area contributed by atoms with E-state index in [9.17, 15) is 13.2 Å². The molecule has 0 aliphatic rings. The molecule has 0 aliphatic heterocycles. The van der Waals surface area contributed by atoms with Crippen molar-refractivity contribution in [2.45, 2.75) is 13.3 Å². The van der Waals surface area contributed by atoms with Gasteiger partial charge in [-0.15, -0.1) is 0 Å². The number of hydrogen-bond donors (Lipinski definition) is 2. The van der Waals surface area contributed by atoms with Crippen molar-refractivity contribution in [3.05, 3.63) is 29.6 Å². The van der Waals surface area contributed by atoms with Gasteiger partial charge in [0.05, 0.1) is 5.69 Å². The summed E-state index contributed by atoms with van der Waals surface area (Å²) >= 11 is 4.83. The molecule has 88 valence electrons. The lowest BCUT2D eigenvalue weighted by Crippen LogP contribution is -2.29. The third kappa shape index (κ3) is 3.10. The van der Waals surface area contributed by atoms with Gasteiger partial charge >= 0.3 is 0 Å². The van der Waals surface area contributed by atoms with E-state index in [1.807, 2.05) is 6.92 Å². The van der Waals surface area contributed by atoms with Crippen LogP contribution in [-0.2, 0) is 0 Å². The Balaban J connectivity index is 2.74. The van der Waals surface area contributed by atoms with Crippen LogP contribution >= 0.6 is 12.2 Å². The minimum atomic E-state index is -1.51. The molecule has 0 saturated heterocycles. The number of rotatable bonds is 3. The normalized spacial score (nSPS) is 10.0. The van der Waals surface area contributed by atoms with Gasteiger partial charge in [0, 0.05) is 6.54 Å². The number of thiocarbonyl (C=S) groups is 1. The number of hydrogen-bond acceptors (Lipinski definition) is 1. The van der Waals surface area contributed by atoms with Crippen molar-refractivity contribution in [3.63, 3.8) is 0 Å². The van der Waals surface area contributed by atoms with Crippen LogP contribution in [0.25, 0.3) is 0 Å². The molecule has 1 aromatic carbocycles. The number of anilines is 1. The molecule has 0 amide bonds. The monoisotopic (exact) mass is 248 g/mol. The molecule has 0 atom stereocenters. The molecular weight excluding hydrogens is 237 g/mol. The number of halogens is 3. The van der Waals surface area contributed by atoms with Crippen LogP contribution in [-0.4, -0.2) is 11.7 Å². The van der Waals surface area contributed by atoms with Crippen LogP contribution in [0.3, 0.4) is 0 Å². The van der Waals surface area contributed by atoms with Crippen molar-refractivity contribution in [2.24, 2.45) is 0 Å². The van der Waals surface area contributed by atoms with Crippen LogP contribution in [0, 0.1) is 17.5 Å². The molecular formula is C10H11F3N2S. The Morgan fingerprint density at radius 1 is 1.25 bits per heavy atom. The van der Waals surface area contributed by atoms with Gasteiger partial charge in [0.25, 0.3) is 0 Å². The van der Waals surface area contributed by atoms with Gasteiger partial charge in [0.2, 0.25) is 0 Å². The van der Waals surface area contributed by atoms with E-state index < -0.39 is 17.5 Å². The smallest absolute Gasteiger partial charge is 0.196 e. The van der Waals surface area contributed by atoms with Gasteiger partial charge in [-0.1, -0.05) is 6.92 Å². The fourth-order valence-electron chi connectivity index (χ4n) is 1.03. The SMILES string of the molecule is CCCNC(=S)Nc1ccc(F)c(F)c1F. The zero-order valence-electron chi connectivity index (χ0n) is 8.61. The second-order valence-corrected chi connectivity index (χ2v) is 3.51. The van der Waals surface area contributed by atoms with E-state index in [4.69, 9.17) is 12.2 Å². The van der Waals surface area contributed by atoms with Gasteiger partial charge in [-0.3, -0.25) is 0 Å². The zero-order chi connectivity index (χ0) is 12.1. The Hall–Kier alpha value is -1.30. The molecule has 0 unspecified atom stereocenters. The predicted octanol–water partition coefficient (Wildman–Crippen LogP) is 2.80. The maximum absolute atomic E-state index is 13.2. The van der Waals surface area contributed by atoms with E-state index in [0.717, 1.165) is 18.6 Å². The van der Waals surface area contributed by atoms with Crippen molar-refractivity contribution in [3.8, 4) is 0 Å². The molecule has 1 aromatic rings. The Bertz CT molecular complexity index is 396. The van der Waals surface area contributed by atoms with Gasteiger partial charge in [0.15, 0.2) is 22.6 Å². The molecule has 2 nitrogen and oxygen atoms in total. The van der Waals surface area contributed by atoms with Gasteiger partial charge in [-0.25, -0.2) is 13.2 Å². The first-order chi connectivity index (χ1) is 7.56. The van der Waals surface area contributed by atoms with E-state index in [2.05, 4.69) is 10.6 Å². The van der Waals surface area contributed by atoms with Gasteiger partial charge < -0.3 is 10.6 Å². The fourth-order valence-corrected chi connectivity index (χ4v) is 1.24. The molecule has 0 radical (unpaired) electrons. The first-order valence-corrected chi connectivity index (χ1v) is 5.15. The van der Waals surface area contributed by atoms with Gasteiger partial charge in [-0.05, 0) is 30.8 Å². The van der Waals surface area contributed by atoms with E-state index in [1.54, 1.807) is 0 Å². The fraction of sp³-hybridized carbons (Fsp3) is 0.300. The Kier molecular flexibility index (Phi) is 4.54. The Morgan fingerprint density at radius 3 is 2.56 bits per heavy atom. The molecule has 0 fully saturated rings. The summed E-state index contributed by atoms with van der Waals surface area (Å²) in [5.74, 6) is -4.01. The van der Waals surface area contributed by atoms with Crippen molar-refractivity contribution < 1.29 is 13.2 Å². The molecule has 0 spiro atoms. The van der Waals surface area contributed by atoms with Gasteiger partial charge in [0.1, 0.15) is 0 Å². The summed E-state index contributed by atoms with van der Waals surface area (Å²) in [7, 11) is 0. The standard InChI is InChI=1S/C10H11F3N2S/c1-2-5-14-10(16)15-7-4-3-6(11)8(12)9(7)13/h3-4H,2,5H2,1H3,(H2,14,15,16). The highest BCUT2D eigenvalue weighted by molar-refractivity contribution is 7.80. The number of benzene rings is 1. The summed E-state index contributed by atoms with van der Waals surface area (Å²) in [6.07, 6.45) is 0.849. The van der Waals surface area contributed by atoms with Crippen LogP contribution in [0.15, 0.2) is 12.1 Å². The molecule has 1 rings (SSSR count). The first-order valence-electron chi connectivity index (χ1n) is 4.74. The number of nitrogens with one attached hydrogen (secondary N) is 2. The molecule has 0 aromatic heterocycles. The lowest BCUT2D eigenvalue weighted by atomic mass is 10.3. The summed E-state index contributed by atoms with van der Waals surface area (Å²) in [4.78, 5) is 0. The average molecular weight is 248 g/mol. The largest absolute Gasteiger partial charge is 0.362 e. The maximum Gasteiger partial charge on any atom is 0.196 e. The van der Waals surface area contributed by atoms with Crippen LogP contribution in [0.4, 0.5) is 18.9 Å². The van der Waals surface area contributed by atoms with E-state index >= 15 is 0 Å². The van der Waals surface area contributed by atoms with Crippen LogP contribution < -0.4 is 10.6 Å². The molecule has 0 heterocycles. The lowest BCUT2D eigenvalue weighted by molar-refractivity contribution is 0.449. The zero-order valence-corrected chi connectivity index (χ0v) is 9.43. The molecule has 0 bridgehead atoms. The first kappa shape index (κ1) is 12.8. The Labute approximate surface area is 96.8 Å². The summed E-state index contributed by atoms with van der Waals surface area (Å²) < 4.78 is 38.6. The maximum atomic E-state index is 13.2. The summed E-state index contributed by atoms with van der Waals surface area (Å²) in [5.41, 5.74) is -0.187. The third-order valence-corrected chi connectivity index (χ3v) is 2.07. The van der Waals surface area contributed by atoms with E-state index in [0.29, 0.717) is 6.54 Å². The molecule has 0 saturated carbocycles. The van der Waals surface area contributed by atoms with Crippen LogP contribution in [0.5, 0.6) is 0 Å². The molecule has 2 N–H and O–H groups in total. The van der Waals surface area contributed by atoms with Crippen molar-refractivity contribution in [2.75, 3.05) is 11.9 Å². The molecule has 6 heteroatoms. The van der Waals surface area contributed by atoms with Crippen LogP contribution in [0.2, 0.25) is 0 Å². The van der Waals surface area contributed by atoms with Gasteiger partial charge in [-0.2, -0.15) is 0 Å². The summed E-state index contributed by atoms with van der Waals surface area (Å²) in [5, 5.41) is 5.40. The topological polar surface area (TPSA) is 24.1 Å². The van der Waals surface area contributed by atoms with Crippen LogP contribution in [0.1, 0.15) is 13.3 Å². The highest BCUT2D eigenvalue weighted by Crippen LogP contribution is 2.19. The van der Waals surface area contributed by atoms with E-state index in [1.165, 1.54) is 0 Å². The highest BCUT2D eigenvalue weighted by Gasteiger charge is 2.13. The molecule has 0 aliphatic carbocycles. The van der Waals surface area contributed by atoms with Crippen molar-refractivity contribution in [1.29, 1.82) is 0 Å². The Morgan fingerprint density at radius 2 is 1.94 bits per heavy atom. The van der Waals surface area contributed by atoms with E-state index in [-0.39, 0.29) is 10.8 Å². The summed E-state index contributed by atoms with van der Waals surface area (Å²) in [6.45, 7) is 2.56. The quantitative estimate of drug-likeness (QED) is 0.635. The second kappa shape index (κ2) is 5.69. The third-order valence-electron chi connectivity index (χ3n) is 1.82. The van der Waals surface area contributed by atoms with Crippen molar-refractivity contribution >= 4 is 23.0 Å². The summed E-state index contributed by atoms with van der Waals surface area (Å²) in [6, 6.07) is 1.93. The minimum absolute atomic E-state index is 0.173. The minimum Gasteiger partial charge on any atom is -0.362 e. The average Bonchev–Trinajstić information content (AvgIpc) is 2.27. The van der Waals surface area contributed by atoms with Crippen molar-refractivity contribution in [1.82, 2.24) is 5.32 Å². The highest BCUT2D eigenvalue weighted by atomic mass is 32.1. The molecule has 16 heavy (non-hydrogen) atoms. The second-order valence-electron chi connectivity index (χ2n) is 3.10. The predicted molar refractivity (Wildman–Crippen MR) is 60.8 cm³/mol.